The van der Waals surface area contributed by atoms with Crippen LogP contribution in [0.15, 0.2) is 48.5 Å². The van der Waals surface area contributed by atoms with E-state index in [2.05, 4.69) is 10.6 Å². The van der Waals surface area contributed by atoms with E-state index >= 15 is 0 Å². The molecule has 1 unspecified atom stereocenters. The molecule has 1 saturated heterocycles. The van der Waals surface area contributed by atoms with Crippen molar-refractivity contribution in [2.24, 2.45) is 0 Å². The van der Waals surface area contributed by atoms with Gasteiger partial charge in [-0.1, -0.05) is 30.3 Å². The van der Waals surface area contributed by atoms with Crippen molar-refractivity contribution in [3.63, 3.8) is 0 Å². The second-order valence-electron chi connectivity index (χ2n) is 5.72. The van der Waals surface area contributed by atoms with Crippen molar-refractivity contribution in [1.29, 1.82) is 0 Å². The number of carbonyl (C=O) groups is 3. The number of urea groups is 1. The first-order valence-electron chi connectivity index (χ1n) is 7.67. The average molecular weight is 341 g/mol. The summed E-state index contributed by atoms with van der Waals surface area (Å²) in [5.41, 5.74) is 1.33. The molecule has 2 N–H and O–H groups in total. The van der Waals surface area contributed by atoms with E-state index in [4.69, 9.17) is 0 Å². The number of hydrogen-bond donors (Lipinski definition) is 2. The van der Waals surface area contributed by atoms with E-state index in [1.165, 1.54) is 13.1 Å². The molecule has 3 rings (SSSR count). The molecule has 128 valence electrons. The van der Waals surface area contributed by atoms with Gasteiger partial charge in [0.2, 0.25) is 5.91 Å². The minimum atomic E-state index is -0.777. The van der Waals surface area contributed by atoms with Gasteiger partial charge in [-0.05, 0) is 29.3 Å². The zero-order valence-electron chi connectivity index (χ0n) is 13.5. The summed E-state index contributed by atoms with van der Waals surface area (Å²) >= 11 is 0. The molecular formula is C18H16FN3O3. The monoisotopic (exact) mass is 341 g/mol. The van der Waals surface area contributed by atoms with Crippen LogP contribution < -0.4 is 10.6 Å². The number of amides is 4. The summed E-state index contributed by atoms with van der Waals surface area (Å²) < 4.78 is 13.6. The van der Waals surface area contributed by atoms with Gasteiger partial charge in [-0.25, -0.2) is 9.18 Å². The first-order valence-corrected chi connectivity index (χ1v) is 7.67. The van der Waals surface area contributed by atoms with E-state index in [1.807, 2.05) is 0 Å². The zero-order chi connectivity index (χ0) is 18.0. The first kappa shape index (κ1) is 16.6. The fourth-order valence-electron chi connectivity index (χ4n) is 2.62. The standard InChI is InChI=1S/C18H16FN3O3/c1-22-17(24)16(21-18(22)25)12-6-4-7-13(9-12)20-15(23)10-11-5-2-3-8-14(11)19/h2-9,16H,10H2,1H3,(H,20,23)(H,21,25). The van der Waals surface area contributed by atoms with E-state index in [9.17, 15) is 18.8 Å². The Morgan fingerprint density at radius 3 is 2.64 bits per heavy atom. The van der Waals surface area contributed by atoms with Crippen LogP contribution in [-0.4, -0.2) is 29.8 Å². The smallest absolute Gasteiger partial charge is 0.324 e. The lowest BCUT2D eigenvalue weighted by atomic mass is 10.1. The molecule has 0 radical (unpaired) electrons. The van der Waals surface area contributed by atoms with Gasteiger partial charge >= 0.3 is 6.03 Å². The molecular weight excluding hydrogens is 325 g/mol. The van der Waals surface area contributed by atoms with E-state index in [0.717, 1.165) is 4.90 Å². The van der Waals surface area contributed by atoms with Crippen LogP contribution in [-0.2, 0) is 16.0 Å². The Labute approximate surface area is 143 Å². The summed E-state index contributed by atoms with van der Waals surface area (Å²) in [5.74, 6) is -1.17. The van der Waals surface area contributed by atoms with Gasteiger partial charge in [0.25, 0.3) is 5.91 Å². The number of anilines is 1. The van der Waals surface area contributed by atoms with Crippen molar-refractivity contribution < 1.29 is 18.8 Å². The summed E-state index contributed by atoms with van der Waals surface area (Å²) in [4.78, 5) is 36.7. The molecule has 4 amide bonds. The highest BCUT2D eigenvalue weighted by Crippen LogP contribution is 2.23. The molecule has 25 heavy (non-hydrogen) atoms. The van der Waals surface area contributed by atoms with Crippen molar-refractivity contribution in [3.05, 3.63) is 65.5 Å². The van der Waals surface area contributed by atoms with Crippen molar-refractivity contribution in [2.45, 2.75) is 12.5 Å². The fraction of sp³-hybridized carbons (Fsp3) is 0.167. The summed E-state index contributed by atoms with van der Waals surface area (Å²) in [7, 11) is 1.40. The van der Waals surface area contributed by atoms with Gasteiger partial charge in [-0.15, -0.1) is 0 Å². The third kappa shape index (κ3) is 3.50. The number of halogens is 1. The second-order valence-corrected chi connectivity index (χ2v) is 5.72. The summed E-state index contributed by atoms with van der Waals surface area (Å²) in [5, 5.41) is 5.25. The average Bonchev–Trinajstić information content (AvgIpc) is 2.85. The van der Waals surface area contributed by atoms with Crippen molar-refractivity contribution in [3.8, 4) is 0 Å². The van der Waals surface area contributed by atoms with Gasteiger partial charge in [0.1, 0.15) is 11.9 Å². The highest BCUT2D eigenvalue weighted by Gasteiger charge is 2.36. The van der Waals surface area contributed by atoms with Crippen molar-refractivity contribution in [1.82, 2.24) is 10.2 Å². The van der Waals surface area contributed by atoms with Crippen LogP contribution >= 0.6 is 0 Å². The largest absolute Gasteiger partial charge is 0.326 e. The molecule has 1 aliphatic heterocycles. The first-order chi connectivity index (χ1) is 12.0. The highest BCUT2D eigenvalue weighted by molar-refractivity contribution is 6.04. The molecule has 2 aromatic rings. The maximum atomic E-state index is 13.6. The minimum absolute atomic E-state index is 0.0985. The fourth-order valence-corrected chi connectivity index (χ4v) is 2.62. The predicted octanol–water partition coefficient (Wildman–Crippen LogP) is 2.23. The topological polar surface area (TPSA) is 78.5 Å². The molecule has 1 heterocycles. The Morgan fingerprint density at radius 1 is 1.20 bits per heavy atom. The molecule has 1 aliphatic rings. The molecule has 7 heteroatoms. The quantitative estimate of drug-likeness (QED) is 0.837. The molecule has 2 aromatic carbocycles. The van der Waals surface area contributed by atoms with Crippen molar-refractivity contribution >= 4 is 23.5 Å². The Balaban J connectivity index is 1.72. The highest BCUT2D eigenvalue weighted by atomic mass is 19.1. The maximum absolute atomic E-state index is 13.6. The molecule has 1 atom stereocenters. The van der Waals surface area contributed by atoms with Crippen LogP contribution in [0.4, 0.5) is 14.9 Å². The minimum Gasteiger partial charge on any atom is -0.326 e. The number of carbonyl (C=O) groups excluding carboxylic acids is 3. The summed E-state index contributed by atoms with van der Waals surface area (Å²) in [6, 6.07) is 11.5. The van der Waals surface area contributed by atoms with E-state index in [0.29, 0.717) is 16.8 Å². The third-order valence-electron chi connectivity index (χ3n) is 3.96. The number of hydrogen-bond acceptors (Lipinski definition) is 3. The normalized spacial score (nSPS) is 16.7. The van der Waals surface area contributed by atoms with Crippen LogP contribution in [0.5, 0.6) is 0 Å². The van der Waals surface area contributed by atoms with Gasteiger partial charge in [-0.2, -0.15) is 0 Å². The van der Waals surface area contributed by atoms with Crippen LogP contribution in [0.1, 0.15) is 17.2 Å². The van der Waals surface area contributed by atoms with Gasteiger partial charge in [0, 0.05) is 12.7 Å². The molecule has 6 nitrogen and oxygen atoms in total. The molecule has 0 aromatic heterocycles. The van der Waals surface area contributed by atoms with Crippen LogP contribution in [0.3, 0.4) is 0 Å². The summed E-state index contributed by atoms with van der Waals surface area (Å²) in [6.45, 7) is 0. The molecule has 0 bridgehead atoms. The van der Waals surface area contributed by atoms with Gasteiger partial charge in [0.05, 0.1) is 6.42 Å². The summed E-state index contributed by atoms with van der Waals surface area (Å²) in [6.07, 6.45) is -0.0985. The lowest BCUT2D eigenvalue weighted by Crippen LogP contribution is -2.25. The number of nitrogens with one attached hydrogen (secondary N) is 2. The number of benzene rings is 2. The van der Waals surface area contributed by atoms with Crippen LogP contribution in [0.25, 0.3) is 0 Å². The lowest BCUT2D eigenvalue weighted by molar-refractivity contribution is -0.126. The molecule has 0 aliphatic carbocycles. The number of rotatable bonds is 4. The SMILES string of the molecule is CN1C(=O)NC(c2cccc(NC(=O)Cc3ccccc3F)c2)C1=O. The third-order valence-corrected chi connectivity index (χ3v) is 3.96. The van der Waals surface area contributed by atoms with E-state index in [1.54, 1.807) is 42.5 Å². The maximum Gasteiger partial charge on any atom is 0.324 e. The number of likely N-dealkylation sites (N-methyl/N-ethyl adjacent to an activating group) is 1. The van der Waals surface area contributed by atoms with Gasteiger partial charge in [-0.3, -0.25) is 14.5 Å². The molecule has 1 fully saturated rings. The van der Waals surface area contributed by atoms with Crippen molar-refractivity contribution in [2.75, 3.05) is 12.4 Å². The molecule has 0 saturated carbocycles. The predicted molar refractivity (Wildman–Crippen MR) is 89.2 cm³/mol. The van der Waals surface area contributed by atoms with Crippen LogP contribution in [0, 0.1) is 5.82 Å². The second kappa shape index (κ2) is 6.72. The van der Waals surface area contributed by atoms with E-state index in [-0.39, 0.29) is 18.2 Å². The Bertz CT molecular complexity index is 853. The molecule has 0 spiro atoms. The van der Waals surface area contributed by atoms with Gasteiger partial charge in [0.15, 0.2) is 0 Å². The van der Waals surface area contributed by atoms with Crippen LogP contribution in [0.2, 0.25) is 0 Å². The van der Waals surface area contributed by atoms with E-state index < -0.39 is 17.9 Å². The number of imide groups is 1. The number of nitrogens with zero attached hydrogens (tertiary/aromatic N) is 1. The Kier molecular flexibility index (Phi) is 4.47. The van der Waals surface area contributed by atoms with Gasteiger partial charge < -0.3 is 10.6 Å². The zero-order valence-corrected chi connectivity index (χ0v) is 13.5. The Morgan fingerprint density at radius 2 is 1.96 bits per heavy atom. The lowest BCUT2D eigenvalue weighted by Gasteiger charge is -2.11. The Hall–Kier alpha value is -3.22.